The first-order chi connectivity index (χ1) is 6.90. The first kappa shape index (κ1) is 8.70. The summed E-state index contributed by atoms with van der Waals surface area (Å²) in [4.78, 5) is 5.09. The van der Waals surface area contributed by atoms with Gasteiger partial charge in [-0.15, -0.1) is 0 Å². The van der Waals surface area contributed by atoms with Crippen molar-refractivity contribution in [3.8, 4) is 6.07 Å². The minimum Gasteiger partial charge on any atom is -0.285 e. The van der Waals surface area contributed by atoms with Gasteiger partial charge < -0.3 is 0 Å². The summed E-state index contributed by atoms with van der Waals surface area (Å²) in [7, 11) is 0. The molecule has 3 nitrogen and oxygen atoms in total. The number of fused-ring (bicyclic) bond motifs is 3. The van der Waals surface area contributed by atoms with Crippen molar-refractivity contribution in [3.05, 3.63) is 0 Å². The first-order valence-electron chi connectivity index (χ1n) is 5.81. The Morgan fingerprint density at radius 3 is 2.71 bits per heavy atom. The molecule has 0 aliphatic carbocycles. The third kappa shape index (κ3) is 1.11. The van der Waals surface area contributed by atoms with Crippen molar-refractivity contribution in [2.45, 2.75) is 50.4 Å². The van der Waals surface area contributed by atoms with E-state index < -0.39 is 0 Å². The summed E-state index contributed by atoms with van der Waals surface area (Å²) in [6.45, 7) is 2.41. The van der Waals surface area contributed by atoms with E-state index in [-0.39, 0.29) is 6.04 Å². The van der Waals surface area contributed by atoms with Gasteiger partial charge in [0.25, 0.3) is 0 Å². The Hall–Kier alpha value is -0.590. The summed E-state index contributed by atoms with van der Waals surface area (Å²) in [5.41, 5.74) is 0. The topological polar surface area (TPSA) is 30.3 Å². The van der Waals surface area contributed by atoms with Gasteiger partial charge in [0.05, 0.1) is 12.2 Å². The molecule has 3 rings (SSSR count). The Labute approximate surface area is 85.3 Å². The molecule has 3 fully saturated rings. The maximum absolute atomic E-state index is 9.15. The monoisotopic (exact) mass is 191 g/mol. The van der Waals surface area contributed by atoms with Crippen LogP contribution in [0.5, 0.6) is 0 Å². The summed E-state index contributed by atoms with van der Waals surface area (Å²) in [6, 6.07) is 3.42. The average molecular weight is 191 g/mol. The van der Waals surface area contributed by atoms with Gasteiger partial charge in [-0.25, -0.2) is 0 Å². The largest absolute Gasteiger partial charge is 0.285 e. The molecule has 14 heavy (non-hydrogen) atoms. The van der Waals surface area contributed by atoms with Crippen LogP contribution in [0.3, 0.4) is 0 Å². The molecule has 0 N–H and O–H groups in total. The molecule has 0 unspecified atom stereocenters. The predicted octanol–water partition coefficient (Wildman–Crippen LogP) is 1.17. The van der Waals surface area contributed by atoms with Crippen LogP contribution in [0, 0.1) is 11.3 Å². The highest BCUT2D eigenvalue weighted by Crippen LogP contribution is 2.36. The van der Waals surface area contributed by atoms with Crippen LogP contribution in [0.15, 0.2) is 0 Å². The summed E-state index contributed by atoms with van der Waals surface area (Å²) < 4.78 is 0. The van der Waals surface area contributed by atoms with Crippen molar-refractivity contribution in [1.29, 1.82) is 5.26 Å². The molecule has 0 spiro atoms. The van der Waals surface area contributed by atoms with Crippen LogP contribution in [0.4, 0.5) is 0 Å². The summed E-state index contributed by atoms with van der Waals surface area (Å²) in [5.74, 6) is 0. The van der Waals surface area contributed by atoms with Gasteiger partial charge in [0.15, 0.2) is 0 Å². The zero-order valence-corrected chi connectivity index (χ0v) is 8.52. The van der Waals surface area contributed by atoms with E-state index in [1.54, 1.807) is 0 Å². The molecule has 0 radical (unpaired) electrons. The third-order valence-electron chi connectivity index (χ3n) is 4.11. The lowest BCUT2D eigenvalue weighted by Crippen LogP contribution is -2.56. The molecule has 3 aliphatic heterocycles. The van der Waals surface area contributed by atoms with Crippen LogP contribution in [0.25, 0.3) is 0 Å². The van der Waals surface area contributed by atoms with E-state index in [4.69, 9.17) is 5.26 Å². The van der Waals surface area contributed by atoms with E-state index in [0.717, 1.165) is 19.0 Å². The van der Waals surface area contributed by atoms with E-state index >= 15 is 0 Å². The van der Waals surface area contributed by atoms with Gasteiger partial charge in [0.1, 0.15) is 6.04 Å². The molecule has 0 aromatic carbocycles. The number of hydrogen-bond donors (Lipinski definition) is 0. The molecule has 0 aromatic heterocycles. The van der Waals surface area contributed by atoms with E-state index in [9.17, 15) is 0 Å². The van der Waals surface area contributed by atoms with Crippen molar-refractivity contribution in [1.82, 2.24) is 9.80 Å². The number of hydrogen-bond acceptors (Lipinski definition) is 3. The molecule has 3 heterocycles. The lowest BCUT2D eigenvalue weighted by Gasteiger charge is -2.44. The van der Waals surface area contributed by atoms with E-state index in [1.807, 2.05) is 0 Å². The molecular weight excluding hydrogens is 174 g/mol. The van der Waals surface area contributed by atoms with E-state index in [2.05, 4.69) is 15.9 Å². The van der Waals surface area contributed by atoms with Gasteiger partial charge in [0, 0.05) is 12.6 Å². The number of rotatable bonds is 0. The zero-order chi connectivity index (χ0) is 9.54. The van der Waals surface area contributed by atoms with Crippen molar-refractivity contribution in [2.75, 3.05) is 13.1 Å². The van der Waals surface area contributed by atoms with Crippen LogP contribution < -0.4 is 0 Å². The predicted molar refractivity (Wildman–Crippen MR) is 53.5 cm³/mol. The Bertz CT molecular complexity index is 270. The van der Waals surface area contributed by atoms with Crippen molar-refractivity contribution < 1.29 is 0 Å². The molecule has 3 heteroatoms. The highest BCUT2D eigenvalue weighted by Gasteiger charge is 2.44. The molecule has 0 bridgehead atoms. The Kier molecular flexibility index (Phi) is 2.00. The Balaban J connectivity index is 1.86. The highest BCUT2D eigenvalue weighted by molar-refractivity contribution is 5.05. The average Bonchev–Trinajstić information content (AvgIpc) is 2.83. The maximum Gasteiger partial charge on any atom is 0.100 e. The molecule has 3 saturated heterocycles. The third-order valence-corrected chi connectivity index (χ3v) is 4.11. The molecule has 0 saturated carbocycles. The maximum atomic E-state index is 9.15. The van der Waals surface area contributed by atoms with Gasteiger partial charge >= 0.3 is 0 Å². The number of nitriles is 1. The molecule has 0 aromatic rings. The van der Waals surface area contributed by atoms with Crippen molar-refractivity contribution in [2.24, 2.45) is 0 Å². The van der Waals surface area contributed by atoms with Crippen LogP contribution in [0.2, 0.25) is 0 Å². The van der Waals surface area contributed by atoms with Gasteiger partial charge in [-0.1, -0.05) is 0 Å². The first-order valence-corrected chi connectivity index (χ1v) is 5.81. The smallest absolute Gasteiger partial charge is 0.100 e. The van der Waals surface area contributed by atoms with Crippen LogP contribution in [-0.4, -0.2) is 41.1 Å². The van der Waals surface area contributed by atoms with Gasteiger partial charge in [-0.05, 0) is 38.6 Å². The minimum atomic E-state index is 0.210. The molecule has 3 aliphatic rings. The van der Waals surface area contributed by atoms with E-state index in [1.165, 1.54) is 32.2 Å². The van der Waals surface area contributed by atoms with Crippen LogP contribution >= 0.6 is 0 Å². The quantitative estimate of drug-likeness (QED) is 0.576. The van der Waals surface area contributed by atoms with Gasteiger partial charge in [-0.3, -0.25) is 9.80 Å². The lowest BCUT2D eigenvalue weighted by atomic mass is 10.0. The van der Waals surface area contributed by atoms with Crippen LogP contribution in [-0.2, 0) is 0 Å². The fraction of sp³-hybridized carbons (Fsp3) is 0.909. The van der Waals surface area contributed by atoms with Crippen molar-refractivity contribution >= 4 is 0 Å². The Morgan fingerprint density at radius 1 is 1.07 bits per heavy atom. The van der Waals surface area contributed by atoms with E-state index in [0.29, 0.717) is 6.17 Å². The number of nitrogens with zero attached hydrogens (tertiary/aromatic N) is 3. The highest BCUT2D eigenvalue weighted by atomic mass is 15.4. The second-order valence-corrected chi connectivity index (χ2v) is 4.78. The Morgan fingerprint density at radius 2 is 1.86 bits per heavy atom. The summed E-state index contributed by atoms with van der Waals surface area (Å²) >= 11 is 0. The zero-order valence-electron chi connectivity index (χ0n) is 8.52. The molecule has 0 amide bonds. The fourth-order valence-corrected chi connectivity index (χ4v) is 3.51. The standard InChI is InChI=1S/C11H17N3/c12-8-10-7-9-3-1-5-13(9)11-4-2-6-14(10)11/h9-11H,1-7H2/t9-,10+,11-/m1/s1. The SMILES string of the molecule is N#C[C@@H]1C[C@H]2CCCN2[C@H]2CCCN21. The summed E-state index contributed by atoms with van der Waals surface area (Å²) in [5, 5.41) is 9.15. The summed E-state index contributed by atoms with van der Waals surface area (Å²) in [6.07, 6.45) is 6.93. The molecular formula is C11H17N3. The fourth-order valence-electron chi connectivity index (χ4n) is 3.51. The van der Waals surface area contributed by atoms with Gasteiger partial charge in [0.2, 0.25) is 0 Å². The minimum absolute atomic E-state index is 0.210. The second kappa shape index (κ2) is 3.22. The van der Waals surface area contributed by atoms with Crippen molar-refractivity contribution in [3.63, 3.8) is 0 Å². The van der Waals surface area contributed by atoms with Crippen LogP contribution in [0.1, 0.15) is 32.1 Å². The lowest BCUT2D eigenvalue weighted by molar-refractivity contribution is -0.00478. The molecule has 3 atom stereocenters. The second-order valence-electron chi connectivity index (χ2n) is 4.78. The normalized spacial score (nSPS) is 43.2. The molecule has 76 valence electrons. The van der Waals surface area contributed by atoms with Gasteiger partial charge in [-0.2, -0.15) is 5.26 Å².